The molecule has 2 fully saturated rings. The summed E-state index contributed by atoms with van der Waals surface area (Å²) in [6, 6.07) is 3.20. The smallest absolute Gasteiger partial charge is 0.225 e. The molecule has 1 aromatic heterocycles. The predicted octanol–water partition coefficient (Wildman–Crippen LogP) is 2.22. The molecule has 0 bridgehead atoms. The number of nitrogens with one attached hydrogen (secondary N) is 1. The molecule has 0 aromatic carbocycles. The number of hydrogen-bond donors (Lipinski definition) is 1. The van der Waals surface area contributed by atoms with Crippen LogP contribution in [-0.4, -0.2) is 35.1 Å². The van der Waals surface area contributed by atoms with E-state index >= 15 is 0 Å². The number of piperidine rings is 1. The Labute approximate surface area is 115 Å². The van der Waals surface area contributed by atoms with Gasteiger partial charge in [-0.2, -0.15) is 0 Å². The molecule has 2 atom stereocenters. The van der Waals surface area contributed by atoms with Gasteiger partial charge in [-0.05, 0) is 44.1 Å². The molecule has 4 nitrogen and oxygen atoms in total. The topological polar surface area (TPSA) is 41.0 Å². The van der Waals surface area contributed by atoms with Crippen LogP contribution in [0.1, 0.15) is 39.0 Å². The van der Waals surface area contributed by atoms with Gasteiger partial charge >= 0.3 is 0 Å². The average Bonchev–Trinajstić information content (AvgIpc) is 3.31. The minimum Gasteiger partial charge on any atom is -0.339 e. The Morgan fingerprint density at radius 2 is 2.11 bits per heavy atom. The zero-order chi connectivity index (χ0) is 13.1. The lowest BCUT2D eigenvalue weighted by atomic mass is 10.0. The molecule has 1 N–H and O–H groups in total. The normalized spacial score (nSPS) is 25.3. The maximum atomic E-state index is 4.37. The van der Waals surface area contributed by atoms with Gasteiger partial charge in [0.25, 0.3) is 0 Å². The van der Waals surface area contributed by atoms with Gasteiger partial charge in [0.05, 0.1) is 0 Å². The number of rotatable bonds is 5. The lowest BCUT2D eigenvalue weighted by Gasteiger charge is -2.35. The van der Waals surface area contributed by atoms with E-state index in [1.165, 1.54) is 32.1 Å². The van der Waals surface area contributed by atoms with Crippen molar-refractivity contribution in [3.8, 4) is 0 Å². The summed E-state index contributed by atoms with van der Waals surface area (Å²) in [5.74, 6) is 1.82. The number of nitrogens with zero attached hydrogens (tertiary/aromatic N) is 3. The predicted molar refractivity (Wildman–Crippen MR) is 77.2 cm³/mol. The van der Waals surface area contributed by atoms with Crippen LogP contribution in [-0.2, 0) is 0 Å². The molecule has 0 amide bonds. The van der Waals surface area contributed by atoms with Crippen LogP contribution < -0.4 is 10.2 Å². The van der Waals surface area contributed by atoms with Crippen LogP contribution in [0, 0.1) is 5.92 Å². The van der Waals surface area contributed by atoms with E-state index < -0.39 is 0 Å². The highest BCUT2D eigenvalue weighted by molar-refractivity contribution is 5.29. The summed E-state index contributed by atoms with van der Waals surface area (Å²) in [4.78, 5) is 11.1. The maximum Gasteiger partial charge on any atom is 0.225 e. The molecule has 1 saturated heterocycles. The zero-order valence-corrected chi connectivity index (χ0v) is 11.8. The molecule has 0 spiro atoms. The van der Waals surface area contributed by atoms with Crippen molar-refractivity contribution < 1.29 is 0 Å². The Morgan fingerprint density at radius 1 is 1.32 bits per heavy atom. The standard InChI is InChI=1S/C15H24N4/c1-2-14(12-6-7-12)18-13-5-3-10-19(11-13)15-16-8-4-9-17-15/h4,8-9,12-14,18H,2-3,5-7,10-11H2,1H3. The van der Waals surface area contributed by atoms with Gasteiger partial charge in [0.2, 0.25) is 5.95 Å². The molecular formula is C15H24N4. The van der Waals surface area contributed by atoms with Crippen molar-refractivity contribution in [1.82, 2.24) is 15.3 Å². The zero-order valence-electron chi connectivity index (χ0n) is 11.8. The van der Waals surface area contributed by atoms with E-state index in [4.69, 9.17) is 0 Å². The first-order chi connectivity index (χ1) is 9.36. The fourth-order valence-corrected chi connectivity index (χ4v) is 3.14. The van der Waals surface area contributed by atoms with E-state index in [0.717, 1.165) is 31.0 Å². The molecular weight excluding hydrogens is 236 g/mol. The van der Waals surface area contributed by atoms with E-state index in [2.05, 4.69) is 27.1 Å². The lowest BCUT2D eigenvalue weighted by molar-refractivity contribution is 0.343. The second-order valence-corrected chi connectivity index (χ2v) is 5.85. The van der Waals surface area contributed by atoms with Gasteiger partial charge in [-0.3, -0.25) is 0 Å². The van der Waals surface area contributed by atoms with Crippen LogP contribution in [0.4, 0.5) is 5.95 Å². The van der Waals surface area contributed by atoms with E-state index in [9.17, 15) is 0 Å². The van der Waals surface area contributed by atoms with Crippen LogP contribution in [0.15, 0.2) is 18.5 Å². The molecule has 2 unspecified atom stereocenters. The van der Waals surface area contributed by atoms with E-state index in [1.807, 2.05) is 18.5 Å². The van der Waals surface area contributed by atoms with Crippen molar-refractivity contribution in [3.63, 3.8) is 0 Å². The fourth-order valence-electron chi connectivity index (χ4n) is 3.14. The largest absolute Gasteiger partial charge is 0.339 e. The molecule has 1 aliphatic heterocycles. The van der Waals surface area contributed by atoms with Crippen LogP contribution >= 0.6 is 0 Å². The molecule has 19 heavy (non-hydrogen) atoms. The first kappa shape index (κ1) is 12.9. The summed E-state index contributed by atoms with van der Waals surface area (Å²) in [5, 5.41) is 3.87. The van der Waals surface area contributed by atoms with Crippen molar-refractivity contribution >= 4 is 5.95 Å². The molecule has 2 aliphatic rings. The van der Waals surface area contributed by atoms with Gasteiger partial charge in [0.1, 0.15) is 0 Å². The summed E-state index contributed by atoms with van der Waals surface area (Å²) >= 11 is 0. The highest BCUT2D eigenvalue weighted by Crippen LogP contribution is 2.34. The quantitative estimate of drug-likeness (QED) is 0.881. The molecule has 4 heteroatoms. The third-order valence-corrected chi connectivity index (χ3v) is 4.34. The monoisotopic (exact) mass is 260 g/mol. The third-order valence-electron chi connectivity index (χ3n) is 4.34. The molecule has 1 aliphatic carbocycles. The Hall–Kier alpha value is -1.16. The number of hydrogen-bond acceptors (Lipinski definition) is 4. The third kappa shape index (κ3) is 3.24. The maximum absolute atomic E-state index is 4.37. The van der Waals surface area contributed by atoms with Gasteiger partial charge < -0.3 is 10.2 Å². The highest BCUT2D eigenvalue weighted by Gasteiger charge is 2.32. The van der Waals surface area contributed by atoms with Crippen molar-refractivity contribution in [2.24, 2.45) is 5.92 Å². The first-order valence-electron chi connectivity index (χ1n) is 7.65. The molecule has 104 valence electrons. The van der Waals surface area contributed by atoms with E-state index in [0.29, 0.717) is 6.04 Å². The molecule has 3 rings (SSSR count). The second kappa shape index (κ2) is 5.87. The minimum atomic E-state index is 0.600. The van der Waals surface area contributed by atoms with Crippen molar-refractivity contribution in [2.45, 2.75) is 51.1 Å². The van der Waals surface area contributed by atoms with Crippen LogP contribution in [0.2, 0.25) is 0 Å². The summed E-state index contributed by atoms with van der Waals surface area (Å²) < 4.78 is 0. The molecule has 2 heterocycles. The van der Waals surface area contributed by atoms with Crippen LogP contribution in [0.5, 0.6) is 0 Å². The Morgan fingerprint density at radius 3 is 2.79 bits per heavy atom. The van der Waals surface area contributed by atoms with E-state index in [1.54, 1.807) is 0 Å². The molecule has 0 radical (unpaired) electrons. The van der Waals surface area contributed by atoms with Crippen molar-refractivity contribution in [3.05, 3.63) is 18.5 Å². The van der Waals surface area contributed by atoms with Gasteiger partial charge in [-0.25, -0.2) is 9.97 Å². The second-order valence-electron chi connectivity index (χ2n) is 5.85. The number of anilines is 1. The Kier molecular flexibility index (Phi) is 3.97. The minimum absolute atomic E-state index is 0.600. The average molecular weight is 260 g/mol. The highest BCUT2D eigenvalue weighted by atomic mass is 15.3. The van der Waals surface area contributed by atoms with Crippen molar-refractivity contribution in [2.75, 3.05) is 18.0 Å². The molecule has 1 saturated carbocycles. The summed E-state index contributed by atoms with van der Waals surface area (Å²) in [6.45, 7) is 4.44. The van der Waals surface area contributed by atoms with Crippen LogP contribution in [0.3, 0.4) is 0 Å². The van der Waals surface area contributed by atoms with Gasteiger partial charge in [0, 0.05) is 37.6 Å². The summed E-state index contributed by atoms with van der Waals surface area (Å²) in [5.41, 5.74) is 0. The SMILES string of the molecule is CCC(NC1CCCN(c2ncccn2)C1)C1CC1. The first-order valence-corrected chi connectivity index (χ1v) is 7.65. The Balaban J connectivity index is 1.58. The lowest BCUT2D eigenvalue weighted by Crippen LogP contribution is -2.50. The fraction of sp³-hybridized carbons (Fsp3) is 0.733. The van der Waals surface area contributed by atoms with E-state index in [-0.39, 0.29) is 0 Å². The van der Waals surface area contributed by atoms with Gasteiger partial charge in [-0.15, -0.1) is 0 Å². The Bertz CT molecular complexity index is 390. The van der Waals surface area contributed by atoms with Gasteiger partial charge in [-0.1, -0.05) is 6.92 Å². The summed E-state index contributed by atoms with van der Waals surface area (Å²) in [7, 11) is 0. The summed E-state index contributed by atoms with van der Waals surface area (Å²) in [6.07, 6.45) is 10.3. The number of aromatic nitrogens is 2. The van der Waals surface area contributed by atoms with Gasteiger partial charge in [0.15, 0.2) is 0 Å². The van der Waals surface area contributed by atoms with Crippen molar-refractivity contribution in [1.29, 1.82) is 0 Å². The van der Waals surface area contributed by atoms with Crippen LogP contribution in [0.25, 0.3) is 0 Å². The molecule has 1 aromatic rings.